The molecule has 0 saturated carbocycles. The highest BCUT2D eigenvalue weighted by molar-refractivity contribution is 7.80. The highest BCUT2D eigenvalue weighted by atomic mass is 35.5. The molecule has 5 N–H and O–H groups in total. The van der Waals surface area contributed by atoms with Crippen LogP contribution in [0.4, 0.5) is 9.52 Å². The third kappa shape index (κ3) is 8.86. The fourth-order valence-electron chi connectivity index (χ4n) is 4.93. The Hall–Kier alpha value is -4.27. The smallest absolute Gasteiger partial charge is 0.351 e. The van der Waals surface area contributed by atoms with E-state index in [2.05, 4.69) is 14.4 Å². The number of rotatable bonds is 16. The van der Waals surface area contributed by atoms with Gasteiger partial charge in [0.05, 0.1) is 11.5 Å². The maximum Gasteiger partial charge on any atom is 0.351 e. The zero-order valence-electron chi connectivity index (χ0n) is 26.3. The lowest BCUT2D eigenvalue weighted by Gasteiger charge is -2.51. The van der Waals surface area contributed by atoms with Crippen LogP contribution in [0.15, 0.2) is 41.7 Å². The predicted octanol–water partition coefficient (Wildman–Crippen LogP) is 1.74. The average molecular weight is 743 g/mol. The summed E-state index contributed by atoms with van der Waals surface area (Å²) in [6.45, 7) is 2.57. The largest absolute Gasteiger partial charge is 0.724 e. The van der Waals surface area contributed by atoms with E-state index in [1.165, 1.54) is 26.0 Å². The Balaban J connectivity index is 1.50. The van der Waals surface area contributed by atoms with Gasteiger partial charge in [0.2, 0.25) is 10.4 Å². The van der Waals surface area contributed by atoms with Crippen LogP contribution in [0.25, 0.3) is 11.1 Å². The van der Waals surface area contributed by atoms with E-state index >= 15 is 4.39 Å². The van der Waals surface area contributed by atoms with Gasteiger partial charge in [-0.3, -0.25) is 9.59 Å². The number of aryl methyl sites for hydroxylation is 2. The molecule has 0 bridgehead atoms. The third-order valence-corrected chi connectivity index (χ3v) is 9.01. The van der Waals surface area contributed by atoms with Crippen molar-refractivity contribution in [2.75, 3.05) is 18.9 Å². The first-order valence-electron chi connectivity index (χ1n) is 14.5. The molecular formula is C29H32ClFN6O10S2. The lowest BCUT2D eigenvalue weighted by molar-refractivity contribution is -0.678. The van der Waals surface area contributed by atoms with Gasteiger partial charge in [0.25, 0.3) is 12.0 Å². The standard InChI is InChI=1S/C29H32ClFN6O10S2/c1-29(2)19(26(39)37(29)47-49(42,43)44)12-21(38)23(24-25(30)48-28(33)34-24)35-46-22(27(40)41)14-45-17-8-9-18(20(31)11-17)15-6-7-16(5-4-10-32)36(3)13-15/h6-9,11,13,19,22H,4-5,10,12,14,32H2,1-3H3,(H3-,33,34,40,41,42,43,44)/b35-23+/t19-,22?/m1/s1. The Morgan fingerprint density at radius 1 is 1.31 bits per heavy atom. The summed E-state index contributed by atoms with van der Waals surface area (Å²) in [7, 11) is -3.44. The maximum atomic E-state index is 15.1. The van der Waals surface area contributed by atoms with Gasteiger partial charge in [-0.2, -0.15) is 9.35 Å². The number of pyridine rings is 1. The number of hydrogen-bond acceptors (Lipinski definition) is 14. The second kappa shape index (κ2) is 15.1. The summed E-state index contributed by atoms with van der Waals surface area (Å²) >= 11 is 6.96. The number of carbonyl (C=O) groups excluding carboxylic acids is 2. The minimum atomic E-state index is -5.28. The van der Waals surface area contributed by atoms with Crippen LogP contribution in [0.2, 0.25) is 4.34 Å². The minimum absolute atomic E-state index is 0.0202. The molecule has 16 nitrogen and oxygen atoms in total. The first kappa shape index (κ1) is 37.5. The van der Waals surface area contributed by atoms with Crippen molar-refractivity contribution in [3.8, 4) is 16.9 Å². The van der Waals surface area contributed by atoms with Gasteiger partial charge in [-0.05, 0) is 45.0 Å². The Morgan fingerprint density at radius 3 is 2.57 bits per heavy atom. The van der Waals surface area contributed by atoms with Crippen molar-refractivity contribution in [1.82, 2.24) is 10.0 Å². The number of thiazole rings is 1. The number of halogens is 2. The van der Waals surface area contributed by atoms with Crippen molar-refractivity contribution < 1.29 is 55.3 Å². The molecule has 3 aromatic rings. The summed E-state index contributed by atoms with van der Waals surface area (Å²) < 4.78 is 59.7. The predicted molar refractivity (Wildman–Crippen MR) is 171 cm³/mol. The quantitative estimate of drug-likeness (QED) is 0.0474. The van der Waals surface area contributed by atoms with Gasteiger partial charge in [-0.15, -0.1) is 0 Å². The van der Waals surface area contributed by atoms with E-state index in [0.29, 0.717) is 17.2 Å². The fourth-order valence-corrected chi connectivity index (χ4v) is 6.31. The van der Waals surface area contributed by atoms with Crippen LogP contribution in [0.3, 0.4) is 0 Å². The molecule has 20 heteroatoms. The van der Waals surface area contributed by atoms with E-state index in [1.807, 2.05) is 17.7 Å². The van der Waals surface area contributed by atoms with Crippen molar-refractivity contribution >= 4 is 61.8 Å². The lowest BCUT2D eigenvalue weighted by Crippen LogP contribution is -2.68. The van der Waals surface area contributed by atoms with Crippen molar-refractivity contribution in [3.63, 3.8) is 0 Å². The number of carbonyl (C=O) groups is 3. The normalized spacial score (nSPS) is 16.6. The molecule has 1 aromatic carbocycles. The number of amides is 1. The van der Waals surface area contributed by atoms with Crippen LogP contribution >= 0.6 is 22.9 Å². The monoisotopic (exact) mass is 742 g/mol. The zero-order valence-corrected chi connectivity index (χ0v) is 28.7. The summed E-state index contributed by atoms with van der Waals surface area (Å²) in [5, 5.41) is 13.7. The van der Waals surface area contributed by atoms with E-state index in [-0.39, 0.29) is 26.5 Å². The minimum Gasteiger partial charge on any atom is -0.724 e. The maximum absolute atomic E-state index is 15.1. The van der Waals surface area contributed by atoms with Crippen molar-refractivity contribution in [3.05, 3.63) is 58.1 Å². The van der Waals surface area contributed by atoms with E-state index in [0.717, 1.165) is 35.9 Å². The van der Waals surface area contributed by atoms with Gasteiger partial charge in [0.1, 0.15) is 35.3 Å². The Bertz CT molecular complexity index is 1910. The molecule has 2 atom stereocenters. The third-order valence-electron chi connectivity index (χ3n) is 7.60. The molecule has 0 spiro atoms. The number of nitrogen functional groups attached to an aromatic ring is 1. The molecule has 1 aliphatic heterocycles. The molecule has 264 valence electrons. The van der Waals surface area contributed by atoms with Gasteiger partial charge in [0.15, 0.2) is 28.5 Å². The number of aliphatic carboxylic acids is 1. The van der Waals surface area contributed by atoms with E-state index in [9.17, 15) is 32.5 Å². The molecule has 3 heterocycles. The molecule has 1 saturated heterocycles. The summed E-state index contributed by atoms with van der Waals surface area (Å²) in [5.41, 5.74) is 10.9. The number of hydroxylamine groups is 2. The molecule has 2 aromatic heterocycles. The first-order valence-corrected chi connectivity index (χ1v) is 17.0. The summed E-state index contributed by atoms with van der Waals surface area (Å²) in [6.07, 6.45) is 0.910. The number of carboxylic acids is 1. The van der Waals surface area contributed by atoms with Gasteiger partial charge in [-0.25, -0.2) is 27.2 Å². The number of ketones is 1. The lowest BCUT2D eigenvalue weighted by atomic mass is 9.74. The molecule has 1 fully saturated rings. The first-order chi connectivity index (χ1) is 22.9. The van der Waals surface area contributed by atoms with Gasteiger partial charge < -0.3 is 30.7 Å². The highest BCUT2D eigenvalue weighted by Gasteiger charge is 2.57. The number of hydrogen-bond donors (Lipinski definition) is 3. The van der Waals surface area contributed by atoms with Crippen LogP contribution in [0, 0.1) is 11.7 Å². The number of anilines is 1. The molecule has 1 aliphatic rings. The second-order valence-corrected chi connectivity index (χ2v) is 14.0. The Labute approximate surface area is 288 Å². The second-order valence-electron chi connectivity index (χ2n) is 11.4. The highest BCUT2D eigenvalue weighted by Crippen LogP contribution is 2.41. The number of carboxylic acid groups (broad SMARTS) is 1. The summed E-state index contributed by atoms with van der Waals surface area (Å²) in [5.74, 6) is -5.28. The Morgan fingerprint density at radius 2 is 2.02 bits per heavy atom. The summed E-state index contributed by atoms with van der Waals surface area (Å²) in [4.78, 5) is 47.1. The van der Waals surface area contributed by atoms with Crippen LogP contribution in [-0.2, 0) is 47.4 Å². The molecule has 49 heavy (non-hydrogen) atoms. The van der Waals surface area contributed by atoms with Gasteiger partial charge in [0, 0.05) is 36.1 Å². The van der Waals surface area contributed by atoms with E-state index < -0.39 is 70.2 Å². The molecular weight excluding hydrogens is 711 g/mol. The number of ether oxygens (including phenoxy) is 1. The number of oxime groups is 1. The number of Topliss-reactive ketones (excluding diaryl/α,β-unsaturated/α-hetero) is 1. The van der Waals surface area contributed by atoms with Crippen molar-refractivity contribution in [2.45, 2.75) is 44.8 Å². The van der Waals surface area contributed by atoms with Crippen molar-refractivity contribution in [2.24, 2.45) is 23.9 Å². The Kier molecular flexibility index (Phi) is 11.6. The van der Waals surface area contributed by atoms with Gasteiger partial charge in [-0.1, -0.05) is 28.1 Å². The molecule has 1 unspecified atom stereocenters. The number of aromatic nitrogens is 2. The number of nitrogens with zero attached hydrogens (tertiary/aromatic N) is 4. The van der Waals surface area contributed by atoms with Crippen molar-refractivity contribution in [1.29, 1.82) is 0 Å². The van der Waals surface area contributed by atoms with E-state index in [1.54, 1.807) is 12.3 Å². The SMILES string of the molecule is C[n+]1cc(-c2ccc(OCC(O/N=C(\C(=O)C[C@@H]3C(=O)N(OS(=O)(=O)[O-])C3(C)C)c3nc(N)sc3Cl)C(=O)O)cc2F)ccc1CCCN. The fraction of sp³-hybridized carbons (Fsp3) is 0.379. The van der Waals surface area contributed by atoms with Crippen LogP contribution in [0.5, 0.6) is 5.75 Å². The van der Waals surface area contributed by atoms with Crippen LogP contribution in [-0.4, -0.2) is 76.3 Å². The number of β-lactam (4-membered cyclic amide) rings is 1. The molecule has 0 aliphatic carbocycles. The summed E-state index contributed by atoms with van der Waals surface area (Å²) in [6, 6.07) is 7.65. The van der Waals surface area contributed by atoms with Gasteiger partial charge >= 0.3 is 5.97 Å². The molecule has 4 rings (SSSR count). The molecule has 1 amide bonds. The topological polar surface area (TPSA) is 241 Å². The van der Waals surface area contributed by atoms with Crippen LogP contribution < -0.4 is 20.8 Å². The number of nitrogens with two attached hydrogens (primary N) is 2. The average Bonchev–Trinajstić information content (AvgIpc) is 3.35. The number of benzene rings is 1. The zero-order chi connectivity index (χ0) is 36.3. The molecule has 0 radical (unpaired) electrons. The van der Waals surface area contributed by atoms with E-state index in [4.69, 9.17) is 32.6 Å². The van der Waals surface area contributed by atoms with Crippen LogP contribution in [0.1, 0.15) is 38.1 Å².